The number of rotatable bonds is 2. The first-order chi connectivity index (χ1) is 11.6. The van der Waals surface area contributed by atoms with Crippen molar-refractivity contribution in [2.45, 2.75) is 31.4 Å². The minimum absolute atomic E-state index is 0.184. The molecule has 2 heterocycles. The second kappa shape index (κ2) is 6.02. The van der Waals surface area contributed by atoms with Gasteiger partial charge in [-0.15, -0.1) is 0 Å². The summed E-state index contributed by atoms with van der Waals surface area (Å²) < 4.78 is 19.2. The molecule has 1 saturated heterocycles. The average Bonchev–Trinajstić information content (AvgIpc) is 2.59. The standard InChI is InChI=1S/C20H20FNO2/c21-16-7-5-15(6-8-16)14-22-11-9-20(10-12-22)13-18(23)17-3-1-2-4-19(17)24-20/h1-8H,9-14H2. The number of fused-ring (bicyclic) bond motifs is 1. The first-order valence-corrected chi connectivity index (χ1v) is 8.42. The molecule has 4 heteroatoms. The fraction of sp³-hybridized carbons (Fsp3) is 0.350. The van der Waals surface area contributed by atoms with Crippen LogP contribution in [0.5, 0.6) is 5.75 Å². The Balaban J connectivity index is 1.43. The summed E-state index contributed by atoms with van der Waals surface area (Å²) in [5, 5.41) is 0. The first-order valence-electron chi connectivity index (χ1n) is 8.42. The zero-order chi connectivity index (χ0) is 16.6. The fourth-order valence-electron chi connectivity index (χ4n) is 3.69. The number of hydrogen-bond acceptors (Lipinski definition) is 3. The van der Waals surface area contributed by atoms with E-state index in [1.807, 2.05) is 36.4 Å². The number of likely N-dealkylation sites (tertiary alicyclic amines) is 1. The van der Waals surface area contributed by atoms with Crippen LogP contribution in [0.2, 0.25) is 0 Å². The van der Waals surface area contributed by atoms with Gasteiger partial charge in [0.25, 0.3) is 0 Å². The van der Waals surface area contributed by atoms with Gasteiger partial charge in [-0.1, -0.05) is 24.3 Å². The SMILES string of the molecule is O=C1CC2(CCN(Cc3ccc(F)cc3)CC2)Oc2ccccc21. The van der Waals surface area contributed by atoms with E-state index in [-0.39, 0.29) is 17.2 Å². The molecular weight excluding hydrogens is 305 g/mol. The quantitative estimate of drug-likeness (QED) is 0.840. The third-order valence-electron chi connectivity index (χ3n) is 5.08. The number of benzene rings is 2. The van der Waals surface area contributed by atoms with Crippen molar-refractivity contribution in [3.63, 3.8) is 0 Å². The van der Waals surface area contributed by atoms with Gasteiger partial charge in [0.15, 0.2) is 5.78 Å². The molecule has 4 rings (SSSR count). The molecule has 1 spiro atoms. The lowest BCUT2D eigenvalue weighted by molar-refractivity contribution is -0.0107. The molecule has 0 N–H and O–H groups in total. The highest BCUT2D eigenvalue weighted by molar-refractivity contribution is 6.00. The third-order valence-corrected chi connectivity index (χ3v) is 5.08. The van der Waals surface area contributed by atoms with E-state index in [9.17, 15) is 9.18 Å². The first kappa shape index (κ1) is 15.3. The van der Waals surface area contributed by atoms with Gasteiger partial charge in [0.2, 0.25) is 0 Å². The summed E-state index contributed by atoms with van der Waals surface area (Å²) in [4.78, 5) is 14.8. The monoisotopic (exact) mass is 325 g/mol. The van der Waals surface area contributed by atoms with Crippen molar-refractivity contribution >= 4 is 5.78 Å². The second-order valence-electron chi connectivity index (χ2n) is 6.78. The highest BCUT2D eigenvalue weighted by Crippen LogP contribution is 2.39. The van der Waals surface area contributed by atoms with E-state index in [4.69, 9.17) is 4.74 Å². The normalized spacial score (nSPS) is 19.8. The summed E-state index contributed by atoms with van der Waals surface area (Å²) in [6.45, 7) is 2.57. The molecule has 2 aliphatic rings. The van der Waals surface area contributed by atoms with Crippen molar-refractivity contribution in [1.29, 1.82) is 0 Å². The summed E-state index contributed by atoms with van der Waals surface area (Å²) in [7, 11) is 0. The Labute approximate surface area is 141 Å². The summed E-state index contributed by atoms with van der Waals surface area (Å²) >= 11 is 0. The minimum atomic E-state index is -0.356. The molecule has 24 heavy (non-hydrogen) atoms. The predicted molar refractivity (Wildman–Crippen MR) is 89.7 cm³/mol. The van der Waals surface area contributed by atoms with E-state index >= 15 is 0 Å². The summed E-state index contributed by atoms with van der Waals surface area (Å²) in [5.74, 6) is 0.702. The maximum Gasteiger partial charge on any atom is 0.170 e. The van der Waals surface area contributed by atoms with E-state index in [1.165, 1.54) is 12.1 Å². The van der Waals surface area contributed by atoms with Crippen molar-refractivity contribution in [1.82, 2.24) is 4.90 Å². The number of ether oxygens (including phenoxy) is 1. The average molecular weight is 325 g/mol. The molecule has 1 fully saturated rings. The van der Waals surface area contributed by atoms with Crippen LogP contribution in [-0.2, 0) is 6.54 Å². The highest BCUT2D eigenvalue weighted by Gasteiger charge is 2.42. The Morgan fingerprint density at radius 2 is 1.75 bits per heavy atom. The van der Waals surface area contributed by atoms with E-state index in [1.54, 1.807) is 0 Å². The van der Waals surface area contributed by atoms with Crippen molar-refractivity contribution in [3.8, 4) is 5.75 Å². The molecule has 0 aliphatic carbocycles. The van der Waals surface area contributed by atoms with Gasteiger partial charge in [-0.05, 0) is 29.8 Å². The molecule has 2 aliphatic heterocycles. The van der Waals surface area contributed by atoms with Crippen molar-refractivity contribution in [3.05, 3.63) is 65.5 Å². The van der Waals surface area contributed by atoms with Crippen LogP contribution in [0.25, 0.3) is 0 Å². The van der Waals surface area contributed by atoms with Crippen LogP contribution in [0.3, 0.4) is 0 Å². The lowest BCUT2D eigenvalue weighted by Gasteiger charge is -2.44. The molecule has 0 radical (unpaired) electrons. The Morgan fingerprint density at radius 1 is 1.04 bits per heavy atom. The number of carbonyl (C=O) groups excluding carboxylic acids is 1. The largest absolute Gasteiger partial charge is 0.486 e. The lowest BCUT2D eigenvalue weighted by Crippen LogP contribution is -2.50. The Bertz CT molecular complexity index is 748. The van der Waals surface area contributed by atoms with Gasteiger partial charge < -0.3 is 4.74 Å². The van der Waals surface area contributed by atoms with Gasteiger partial charge in [-0.3, -0.25) is 9.69 Å². The van der Waals surface area contributed by atoms with Crippen molar-refractivity contribution < 1.29 is 13.9 Å². The molecular formula is C20H20FNO2. The van der Waals surface area contributed by atoms with Crippen LogP contribution >= 0.6 is 0 Å². The summed E-state index contributed by atoms with van der Waals surface area (Å²) in [6.07, 6.45) is 2.15. The van der Waals surface area contributed by atoms with Crippen LogP contribution < -0.4 is 4.74 Å². The molecule has 0 saturated carbocycles. The molecule has 0 atom stereocenters. The molecule has 3 nitrogen and oxygen atoms in total. The second-order valence-corrected chi connectivity index (χ2v) is 6.78. The lowest BCUT2D eigenvalue weighted by atomic mass is 9.82. The maximum atomic E-state index is 13.0. The topological polar surface area (TPSA) is 29.5 Å². The molecule has 0 amide bonds. The maximum absolute atomic E-state index is 13.0. The zero-order valence-electron chi connectivity index (χ0n) is 13.5. The van der Waals surface area contributed by atoms with E-state index in [2.05, 4.69) is 4.90 Å². The molecule has 0 bridgehead atoms. The number of nitrogens with zero attached hydrogens (tertiary/aromatic N) is 1. The molecule has 0 unspecified atom stereocenters. The number of piperidine rings is 1. The highest BCUT2D eigenvalue weighted by atomic mass is 19.1. The van der Waals surface area contributed by atoms with Gasteiger partial charge in [-0.25, -0.2) is 4.39 Å². The predicted octanol–water partition coefficient (Wildman–Crippen LogP) is 3.83. The van der Waals surface area contributed by atoms with Gasteiger partial charge in [-0.2, -0.15) is 0 Å². The summed E-state index contributed by atoms with van der Waals surface area (Å²) in [5.41, 5.74) is 1.46. The van der Waals surface area contributed by atoms with Crippen LogP contribution in [-0.4, -0.2) is 29.4 Å². The Hall–Kier alpha value is -2.20. The number of ketones is 1. The van der Waals surface area contributed by atoms with Crippen LogP contribution in [0.1, 0.15) is 35.2 Å². The molecule has 0 aromatic heterocycles. The van der Waals surface area contributed by atoms with Crippen molar-refractivity contribution in [2.75, 3.05) is 13.1 Å². The number of Topliss-reactive ketones (excluding diaryl/α,β-unsaturated/α-hetero) is 1. The Kier molecular flexibility index (Phi) is 3.85. The summed E-state index contributed by atoms with van der Waals surface area (Å²) in [6, 6.07) is 14.2. The Morgan fingerprint density at radius 3 is 2.50 bits per heavy atom. The fourth-order valence-corrected chi connectivity index (χ4v) is 3.69. The molecule has 2 aromatic rings. The molecule has 124 valence electrons. The van der Waals surface area contributed by atoms with Crippen LogP contribution in [0.4, 0.5) is 4.39 Å². The van der Waals surface area contributed by atoms with Gasteiger partial charge in [0, 0.05) is 32.5 Å². The van der Waals surface area contributed by atoms with Crippen LogP contribution in [0.15, 0.2) is 48.5 Å². The zero-order valence-corrected chi connectivity index (χ0v) is 13.5. The third kappa shape index (κ3) is 2.94. The van der Waals surface area contributed by atoms with E-state index in [0.29, 0.717) is 12.0 Å². The number of carbonyl (C=O) groups is 1. The molecule has 2 aromatic carbocycles. The van der Waals surface area contributed by atoms with Crippen LogP contribution in [0, 0.1) is 5.82 Å². The van der Waals surface area contributed by atoms with E-state index < -0.39 is 0 Å². The van der Waals surface area contributed by atoms with Crippen molar-refractivity contribution in [2.24, 2.45) is 0 Å². The smallest absolute Gasteiger partial charge is 0.170 e. The van der Waals surface area contributed by atoms with Gasteiger partial charge >= 0.3 is 0 Å². The minimum Gasteiger partial charge on any atom is -0.486 e. The van der Waals surface area contributed by atoms with E-state index in [0.717, 1.165) is 43.8 Å². The number of para-hydroxylation sites is 1. The van der Waals surface area contributed by atoms with Gasteiger partial charge in [0.1, 0.15) is 17.2 Å². The van der Waals surface area contributed by atoms with Gasteiger partial charge in [0.05, 0.1) is 12.0 Å². The number of halogens is 1. The number of hydrogen-bond donors (Lipinski definition) is 0.